The molecule has 0 aromatic carbocycles. The number of nitrogens with two attached hydrogens (primary N) is 1. The average molecular weight is 268 g/mol. The molecule has 0 radical (unpaired) electrons. The summed E-state index contributed by atoms with van der Waals surface area (Å²) < 4.78 is 0. The van der Waals surface area contributed by atoms with Gasteiger partial charge < -0.3 is 11.1 Å². The van der Waals surface area contributed by atoms with Crippen molar-refractivity contribution >= 4 is 11.9 Å². The van der Waals surface area contributed by atoms with E-state index < -0.39 is 6.03 Å². The number of hydrogen-bond acceptors (Lipinski definition) is 4. The van der Waals surface area contributed by atoms with E-state index in [9.17, 15) is 9.59 Å². The van der Waals surface area contributed by atoms with Gasteiger partial charge >= 0.3 is 6.03 Å². The van der Waals surface area contributed by atoms with Crippen molar-refractivity contribution in [1.29, 1.82) is 0 Å². The van der Waals surface area contributed by atoms with Gasteiger partial charge in [0.2, 0.25) is 5.91 Å². The quantitative estimate of drug-likeness (QED) is 0.629. The molecular weight excluding hydrogens is 244 g/mol. The summed E-state index contributed by atoms with van der Waals surface area (Å²) in [7, 11) is 0. The molecule has 1 unspecified atom stereocenters. The summed E-state index contributed by atoms with van der Waals surface area (Å²) in [5, 5.41) is 4.79. The van der Waals surface area contributed by atoms with Gasteiger partial charge in [-0.25, -0.2) is 4.79 Å². The van der Waals surface area contributed by atoms with E-state index in [4.69, 9.17) is 5.73 Å². The first-order chi connectivity index (χ1) is 8.85. The Morgan fingerprint density at radius 2 is 2.21 bits per heavy atom. The fourth-order valence-electron chi connectivity index (χ4n) is 2.20. The van der Waals surface area contributed by atoms with Crippen LogP contribution in [0.3, 0.4) is 0 Å². The van der Waals surface area contributed by atoms with Gasteiger partial charge in [0, 0.05) is 25.7 Å². The molecule has 6 heteroatoms. The Bertz CT molecular complexity index is 355. The Morgan fingerprint density at radius 1 is 1.53 bits per heavy atom. The van der Waals surface area contributed by atoms with E-state index in [0.717, 1.165) is 19.5 Å². The maximum atomic E-state index is 11.7. The Hall–Kier alpha value is -1.40. The number of nitrogens with zero attached hydrogens (tertiary/aromatic N) is 1. The summed E-state index contributed by atoms with van der Waals surface area (Å²) in [6, 6.07) is -0.333. The van der Waals surface area contributed by atoms with Crippen molar-refractivity contribution in [3.05, 3.63) is 12.7 Å². The van der Waals surface area contributed by atoms with Crippen LogP contribution in [-0.2, 0) is 4.79 Å². The lowest BCUT2D eigenvalue weighted by molar-refractivity contribution is -0.122. The molecule has 6 nitrogen and oxygen atoms in total. The lowest BCUT2D eigenvalue weighted by atomic mass is 9.80. The van der Waals surface area contributed by atoms with E-state index in [2.05, 4.69) is 31.1 Å². The van der Waals surface area contributed by atoms with E-state index in [1.807, 2.05) is 4.90 Å². The van der Waals surface area contributed by atoms with Crippen LogP contribution in [0.4, 0.5) is 4.79 Å². The molecule has 108 valence electrons. The third-order valence-corrected chi connectivity index (χ3v) is 3.42. The molecule has 0 bridgehead atoms. The maximum Gasteiger partial charge on any atom is 0.321 e. The molecule has 1 saturated heterocycles. The Labute approximate surface area is 114 Å². The van der Waals surface area contributed by atoms with Gasteiger partial charge in [0.25, 0.3) is 0 Å². The number of carbonyl (C=O) groups is 2. The number of imide groups is 1. The van der Waals surface area contributed by atoms with Crippen LogP contribution in [0.2, 0.25) is 0 Å². The largest absolute Gasteiger partial charge is 0.334 e. The van der Waals surface area contributed by atoms with E-state index in [1.54, 1.807) is 6.08 Å². The van der Waals surface area contributed by atoms with Gasteiger partial charge in [-0.3, -0.25) is 15.0 Å². The highest BCUT2D eigenvalue weighted by Crippen LogP contribution is 2.27. The Balaban J connectivity index is 2.37. The minimum absolute atomic E-state index is 0.0103. The number of nitrogens with one attached hydrogen (secondary N) is 2. The highest BCUT2D eigenvalue weighted by Gasteiger charge is 2.33. The van der Waals surface area contributed by atoms with Crippen molar-refractivity contribution in [2.24, 2.45) is 11.1 Å². The molecule has 0 saturated carbocycles. The minimum atomic E-state index is -0.488. The molecule has 1 aliphatic heterocycles. The normalized spacial score (nSPS) is 22.6. The molecule has 1 atom stereocenters. The molecular formula is C13H24N4O2. The number of urea groups is 1. The maximum absolute atomic E-state index is 11.7. The zero-order valence-electron chi connectivity index (χ0n) is 11.7. The summed E-state index contributed by atoms with van der Waals surface area (Å²) in [6.45, 7) is 9.77. The van der Waals surface area contributed by atoms with E-state index >= 15 is 0 Å². The van der Waals surface area contributed by atoms with Gasteiger partial charge in [0.05, 0.1) is 6.54 Å². The first-order valence-electron chi connectivity index (χ1n) is 6.51. The molecule has 1 heterocycles. The third-order valence-electron chi connectivity index (χ3n) is 3.42. The fraction of sp³-hybridized carbons (Fsp3) is 0.692. The summed E-state index contributed by atoms with van der Waals surface area (Å²) in [5.41, 5.74) is 6.03. The van der Waals surface area contributed by atoms with E-state index in [-0.39, 0.29) is 23.9 Å². The smallest absolute Gasteiger partial charge is 0.321 e. The summed E-state index contributed by atoms with van der Waals surface area (Å²) in [4.78, 5) is 25.0. The Morgan fingerprint density at radius 3 is 2.79 bits per heavy atom. The standard InChI is InChI=1S/C13H24N4O2/c1-4-6-15-12(19)16-11(18)8-17-7-5-10(14)13(2,3)9-17/h4,10H,1,5-9,14H2,2-3H3,(H2,15,16,18,19). The molecule has 1 aliphatic rings. The van der Waals surface area contributed by atoms with Crippen molar-refractivity contribution in [2.45, 2.75) is 26.3 Å². The molecule has 4 N–H and O–H groups in total. The van der Waals surface area contributed by atoms with Crippen LogP contribution in [-0.4, -0.2) is 49.1 Å². The molecule has 3 amide bonds. The van der Waals surface area contributed by atoms with Crippen LogP contribution >= 0.6 is 0 Å². The molecule has 0 spiro atoms. The molecule has 0 aromatic heterocycles. The van der Waals surface area contributed by atoms with Crippen LogP contribution in [0.25, 0.3) is 0 Å². The SMILES string of the molecule is C=CCNC(=O)NC(=O)CN1CCC(N)C(C)(C)C1. The van der Waals surface area contributed by atoms with Crippen molar-refractivity contribution in [3.8, 4) is 0 Å². The van der Waals surface area contributed by atoms with E-state index in [0.29, 0.717) is 6.54 Å². The molecule has 19 heavy (non-hydrogen) atoms. The van der Waals surface area contributed by atoms with Crippen LogP contribution in [0, 0.1) is 5.41 Å². The van der Waals surface area contributed by atoms with Crippen LogP contribution in [0.1, 0.15) is 20.3 Å². The summed E-state index contributed by atoms with van der Waals surface area (Å²) >= 11 is 0. The molecule has 0 aliphatic carbocycles. The van der Waals surface area contributed by atoms with Crippen molar-refractivity contribution in [3.63, 3.8) is 0 Å². The lowest BCUT2D eigenvalue weighted by Gasteiger charge is -2.42. The van der Waals surface area contributed by atoms with E-state index in [1.165, 1.54) is 0 Å². The number of piperidine rings is 1. The predicted molar refractivity (Wildman–Crippen MR) is 74.6 cm³/mol. The van der Waals surface area contributed by atoms with Gasteiger partial charge in [0.15, 0.2) is 0 Å². The number of amides is 3. The zero-order chi connectivity index (χ0) is 14.5. The second kappa shape index (κ2) is 6.68. The van der Waals surface area contributed by atoms with Gasteiger partial charge in [-0.2, -0.15) is 0 Å². The highest BCUT2D eigenvalue weighted by atomic mass is 16.2. The second-order valence-corrected chi connectivity index (χ2v) is 5.64. The number of rotatable bonds is 4. The fourth-order valence-corrected chi connectivity index (χ4v) is 2.20. The first kappa shape index (κ1) is 15.7. The molecule has 1 fully saturated rings. The topological polar surface area (TPSA) is 87.5 Å². The lowest BCUT2D eigenvalue weighted by Crippen LogP contribution is -2.54. The van der Waals surface area contributed by atoms with Crippen molar-refractivity contribution in [1.82, 2.24) is 15.5 Å². The Kier molecular flexibility index (Phi) is 5.50. The minimum Gasteiger partial charge on any atom is -0.334 e. The third kappa shape index (κ3) is 5.00. The summed E-state index contributed by atoms with van der Waals surface area (Å²) in [5.74, 6) is -0.298. The van der Waals surface area contributed by atoms with Crippen LogP contribution in [0.15, 0.2) is 12.7 Å². The second-order valence-electron chi connectivity index (χ2n) is 5.64. The highest BCUT2D eigenvalue weighted by molar-refractivity contribution is 5.95. The van der Waals surface area contributed by atoms with Gasteiger partial charge in [0.1, 0.15) is 0 Å². The van der Waals surface area contributed by atoms with Gasteiger partial charge in [-0.15, -0.1) is 6.58 Å². The zero-order valence-corrected chi connectivity index (χ0v) is 11.7. The van der Waals surface area contributed by atoms with Crippen LogP contribution < -0.4 is 16.4 Å². The van der Waals surface area contributed by atoms with Crippen molar-refractivity contribution in [2.75, 3.05) is 26.2 Å². The average Bonchev–Trinajstić information content (AvgIpc) is 2.30. The molecule has 0 aromatic rings. The van der Waals surface area contributed by atoms with Crippen LogP contribution in [0.5, 0.6) is 0 Å². The number of likely N-dealkylation sites (tertiary alicyclic amines) is 1. The monoisotopic (exact) mass is 268 g/mol. The molecule has 1 rings (SSSR count). The predicted octanol–water partition coefficient (Wildman–Crippen LogP) is 0.0574. The summed E-state index contributed by atoms with van der Waals surface area (Å²) in [6.07, 6.45) is 2.42. The van der Waals surface area contributed by atoms with Crippen molar-refractivity contribution < 1.29 is 9.59 Å². The first-order valence-corrected chi connectivity index (χ1v) is 6.51. The number of hydrogen-bond donors (Lipinski definition) is 3. The van der Waals surface area contributed by atoms with Gasteiger partial charge in [-0.1, -0.05) is 19.9 Å². The van der Waals surface area contributed by atoms with Gasteiger partial charge in [-0.05, 0) is 11.8 Å². The number of carbonyl (C=O) groups excluding carboxylic acids is 2.